The van der Waals surface area contributed by atoms with Gasteiger partial charge >= 0.3 is 0 Å². The van der Waals surface area contributed by atoms with Crippen molar-refractivity contribution in [2.24, 2.45) is 0 Å². The van der Waals surface area contributed by atoms with E-state index in [0.717, 1.165) is 33.6 Å². The maximum absolute atomic E-state index is 13.9. The molecule has 2 aromatic carbocycles. The molecule has 1 heterocycles. The summed E-state index contributed by atoms with van der Waals surface area (Å²) in [7, 11) is -4.51. The zero-order valence-corrected chi connectivity index (χ0v) is 13.9. The lowest BCUT2D eigenvalue weighted by atomic mass is 10.2. The highest BCUT2D eigenvalue weighted by atomic mass is 32.2. The van der Waals surface area contributed by atoms with E-state index in [-0.39, 0.29) is 4.88 Å². The lowest BCUT2D eigenvalue weighted by molar-refractivity contribution is -0.385. The summed E-state index contributed by atoms with van der Waals surface area (Å²) in [6, 6.07) is 10.7. The first kappa shape index (κ1) is 17.0. The fourth-order valence-electron chi connectivity index (χ4n) is 2.14. The van der Waals surface area contributed by atoms with Gasteiger partial charge in [0.1, 0.15) is 4.90 Å². The Bertz CT molecular complexity index is 1080. The third-order valence-electron chi connectivity index (χ3n) is 3.29. The number of fused-ring (bicyclic) bond motifs is 1. The van der Waals surface area contributed by atoms with Crippen molar-refractivity contribution in [1.82, 2.24) is 4.72 Å². The quantitative estimate of drug-likeness (QED) is 0.553. The summed E-state index contributed by atoms with van der Waals surface area (Å²) in [6.45, 7) is 0. The number of nitro benzene ring substituents is 1. The number of nitro groups is 1. The van der Waals surface area contributed by atoms with E-state index in [1.54, 1.807) is 29.0 Å². The van der Waals surface area contributed by atoms with Crippen LogP contribution in [-0.4, -0.2) is 19.2 Å². The van der Waals surface area contributed by atoms with E-state index < -0.39 is 37.3 Å². The molecule has 0 aliphatic heterocycles. The Labute approximate surface area is 144 Å². The molecule has 1 aromatic heterocycles. The van der Waals surface area contributed by atoms with Crippen molar-refractivity contribution in [3.05, 3.63) is 69.3 Å². The molecule has 0 radical (unpaired) electrons. The van der Waals surface area contributed by atoms with Crippen LogP contribution in [-0.2, 0) is 10.0 Å². The Hall–Kier alpha value is -2.85. The van der Waals surface area contributed by atoms with E-state index in [9.17, 15) is 27.7 Å². The number of nitrogens with one attached hydrogen (secondary N) is 1. The van der Waals surface area contributed by atoms with Gasteiger partial charge in [-0.05, 0) is 23.6 Å². The Balaban J connectivity index is 1.90. The van der Waals surface area contributed by atoms with Crippen molar-refractivity contribution in [3.8, 4) is 0 Å². The lowest BCUT2D eigenvalue weighted by Crippen LogP contribution is -2.30. The van der Waals surface area contributed by atoms with Crippen LogP contribution in [0.4, 0.5) is 10.1 Å². The maximum atomic E-state index is 13.9. The second-order valence-corrected chi connectivity index (χ2v) is 7.69. The van der Waals surface area contributed by atoms with Gasteiger partial charge < -0.3 is 0 Å². The molecule has 0 aliphatic rings. The van der Waals surface area contributed by atoms with Crippen LogP contribution in [0.15, 0.2) is 53.4 Å². The molecule has 0 saturated carbocycles. The second-order valence-electron chi connectivity index (χ2n) is 4.95. The van der Waals surface area contributed by atoms with Gasteiger partial charge in [0.25, 0.3) is 21.6 Å². The van der Waals surface area contributed by atoms with Gasteiger partial charge in [0.15, 0.2) is 5.82 Å². The predicted molar refractivity (Wildman–Crippen MR) is 89.5 cm³/mol. The molecule has 1 amide bonds. The third kappa shape index (κ3) is 3.35. The average Bonchev–Trinajstić information content (AvgIpc) is 2.98. The number of hydrogen-bond acceptors (Lipinski definition) is 6. The Kier molecular flexibility index (Phi) is 4.23. The number of nitrogens with zero attached hydrogens (tertiary/aromatic N) is 1. The highest BCUT2D eigenvalue weighted by Gasteiger charge is 2.25. The molecule has 0 atom stereocenters. The van der Waals surface area contributed by atoms with Crippen LogP contribution in [0.3, 0.4) is 0 Å². The average molecular weight is 380 g/mol. The van der Waals surface area contributed by atoms with E-state index in [1.165, 1.54) is 6.07 Å². The summed E-state index contributed by atoms with van der Waals surface area (Å²) in [5.41, 5.74) is -0.590. The van der Waals surface area contributed by atoms with Crippen molar-refractivity contribution < 1.29 is 22.5 Å². The summed E-state index contributed by atoms with van der Waals surface area (Å²) >= 11 is 1.09. The maximum Gasteiger partial charge on any atom is 0.275 e. The lowest BCUT2D eigenvalue weighted by Gasteiger charge is -2.06. The minimum absolute atomic E-state index is 0.145. The number of halogens is 1. The van der Waals surface area contributed by atoms with Crippen LogP contribution in [0.25, 0.3) is 10.1 Å². The minimum Gasteiger partial charge on any atom is -0.267 e. The zero-order chi connectivity index (χ0) is 18.2. The van der Waals surface area contributed by atoms with Crippen LogP contribution in [0.2, 0.25) is 0 Å². The first-order chi connectivity index (χ1) is 11.8. The molecule has 7 nitrogen and oxygen atoms in total. The summed E-state index contributed by atoms with van der Waals surface area (Å²) in [5.74, 6) is -2.22. The molecule has 0 fully saturated rings. The molecular formula is C15H9FN2O5S2. The number of carbonyl (C=O) groups is 1. The molecule has 25 heavy (non-hydrogen) atoms. The number of sulfonamides is 1. The first-order valence-corrected chi connectivity index (χ1v) is 9.07. The molecule has 0 spiro atoms. The largest absolute Gasteiger partial charge is 0.275 e. The van der Waals surface area contributed by atoms with Crippen LogP contribution < -0.4 is 4.72 Å². The van der Waals surface area contributed by atoms with E-state index in [4.69, 9.17) is 0 Å². The Morgan fingerprint density at radius 1 is 1.16 bits per heavy atom. The number of non-ortho nitro benzene ring substituents is 1. The van der Waals surface area contributed by atoms with Gasteiger partial charge in [-0.3, -0.25) is 14.9 Å². The highest BCUT2D eigenvalue weighted by molar-refractivity contribution is 7.90. The van der Waals surface area contributed by atoms with E-state index >= 15 is 0 Å². The Morgan fingerprint density at radius 2 is 1.88 bits per heavy atom. The molecule has 128 valence electrons. The van der Waals surface area contributed by atoms with E-state index in [2.05, 4.69) is 0 Å². The van der Waals surface area contributed by atoms with Gasteiger partial charge in [-0.1, -0.05) is 18.2 Å². The predicted octanol–water partition coefficient (Wildman–Crippen LogP) is 3.07. The monoisotopic (exact) mass is 380 g/mol. The third-order valence-corrected chi connectivity index (χ3v) is 5.77. The van der Waals surface area contributed by atoms with Gasteiger partial charge in [0, 0.05) is 10.8 Å². The molecular weight excluding hydrogens is 371 g/mol. The van der Waals surface area contributed by atoms with Crippen LogP contribution in [0.5, 0.6) is 0 Å². The molecule has 10 heteroatoms. The summed E-state index contributed by atoms with van der Waals surface area (Å²) in [4.78, 5) is 21.2. The standard InChI is InChI=1S/C15H9FN2O5S2/c16-11-8-10(18(20)21)5-6-14(11)25(22,23)17-15(19)13-7-9-3-1-2-4-12(9)24-13/h1-8H,(H,17,19). The number of hydrogen-bond donors (Lipinski definition) is 1. The first-order valence-electron chi connectivity index (χ1n) is 6.77. The van der Waals surface area contributed by atoms with E-state index in [0.29, 0.717) is 6.07 Å². The fraction of sp³-hybridized carbons (Fsp3) is 0. The number of benzene rings is 2. The molecule has 3 rings (SSSR count). The Morgan fingerprint density at radius 3 is 2.52 bits per heavy atom. The summed E-state index contributed by atoms with van der Waals surface area (Å²) in [6.07, 6.45) is 0. The molecule has 1 N–H and O–H groups in total. The fourth-order valence-corrected chi connectivity index (χ4v) is 4.19. The molecule has 0 aliphatic carbocycles. The molecule has 3 aromatic rings. The van der Waals surface area contributed by atoms with Crippen LogP contribution in [0, 0.1) is 15.9 Å². The summed E-state index contributed by atoms with van der Waals surface area (Å²) < 4.78 is 40.9. The van der Waals surface area contributed by atoms with Crippen LogP contribution >= 0.6 is 11.3 Å². The summed E-state index contributed by atoms with van der Waals surface area (Å²) in [5, 5.41) is 11.4. The molecule has 0 unspecified atom stereocenters. The number of rotatable bonds is 4. The van der Waals surface area contributed by atoms with Crippen LogP contribution in [0.1, 0.15) is 9.67 Å². The van der Waals surface area contributed by atoms with Crippen molar-refractivity contribution >= 4 is 43.0 Å². The normalized spacial score (nSPS) is 11.4. The van der Waals surface area contributed by atoms with Crippen molar-refractivity contribution in [1.29, 1.82) is 0 Å². The molecule has 0 bridgehead atoms. The highest BCUT2D eigenvalue weighted by Crippen LogP contribution is 2.26. The van der Waals surface area contributed by atoms with Crippen molar-refractivity contribution in [3.63, 3.8) is 0 Å². The van der Waals surface area contributed by atoms with Gasteiger partial charge in [-0.15, -0.1) is 11.3 Å². The zero-order valence-electron chi connectivity index (χ0n) is 12.3. The number of amides is 1. The SMILES string of the molecule is O=C(NS(=O)(=O)c1ccc([N+](=O)[O-])cc1F)c1cc2ccccc2s1. The number of carbonyl (C=O) groups excluding carboxylic acids is 1. The van der Waals surface area contributed by atoms with Gasteiger partial charge in [-0.2, -0.15) is 0 Å². The number of thiophene rings is 1. The second kappa shape index (κ2) is 6.22. The molecule has 0 saturated heterocycles. The van der Waals surface area contributed by atoms with Gasteiger partial charge in [-0.25, -0.2) is 17.5 Å². The topological polar surface area (TPSA) is 106 Å². The smallest absolute Gasteiger partial charge is 0.267 e. The minimum atomic E-state index is -4.51. The van der Waals surface area contributed by atoms with E-state index in [1.807, 2.05) is 0 Å². The van der Waals surface area contributed by atoms with Gasteiger partial charge in [0.05, 0.1) is 15.9 Å². The van der Waals surface area contributed by atoms with Crippen molar-refractivity contribution in [2.75, 3.05) is 0 Å². The van der Waals surface area contributed by atoms with Crippen molar-refractivity contribution in [2.45, 2.75) is 4.90 Å². The van der Waals surface area contributed by atoms with Gasteiger partial charge in [0.2, 0.25) is 0 Å².